The Morgan fingerprint density at radius 3 is 2.42 bits per heavy atom. The highest BCUT2D eigenvalue weighted by Gasteiger charge is 2.34. The van der Waals surface area contributed by atoms with Gasteiger partial charge in [-0.3, -0.25) is 4.90 Å². The Balaban J connectivity index is 1.53. The predicted molar refractivity (Wildman–Crippen MR) is 137 cm³/mol. The Labute approximate surface area is 212 Å². The number of nitrogens with one attached hydrogen (secondary N) is 2. The number of hydrogen-bond acceptors (Lipinski definition) is 7. The van der Waals surface area contributed by atoms with E-state index >= 15 is 0 Å². The molecule has 1 fully saturated rings. The molecule has 0 saturated carbocycles. The first-order valence-corrected chi connectivity index (χ1v) is 12.3. The summed E-state index contributed by atoms with van der Waals surface area (Å²) in [6.07, 6.45) is 0. The second-order valence-electron chi connectivity index (χ2n) is 8.61. The molecule has 0 spiro atoms. The lowest BCUT2D eigenvalue weighted by Gasteiger charge is -2.38. The molecule has 0 aromatic heterocycles. The zero-order valence-electron chi connectivity index (χ0n) is 21.1. The Hall–Kier alpha value is -3.72. The third kappa shape index (κ3) is 5.91. The molecule has 2 aliphatic rings. The molecule has 4 rings (SSSR count). The van der Waals surface area contributed by atoms with Crippen molar-refractivity contribution in [2.75, 3.05) is 57.9 Å². The van der Waals surface area contributed by atoms with Crippen molar-refractivity contribution in [1.29, 1.82) is 0 Å². The van der Waals surface area contributed by atoms with E-state index in [1.165, 1.54) is 0 Å². The summed E-state index contributed by atoms with van der Waals surface area (Å²) in [6, 6.07) is 14.5. The van der Waals surface area contributed by atoms with Crippen molar-refractivity contribution in [2.45, 2.75) is 19.9 Å². The van der Waals surface area contributed by atoms with Gasteiger partial charge < -0.3 is 29.7 Å². The molecule has 2 aliphatic heterocycles. The fraction of sp³-hybridized carbons (Fsp3) is 0.407. The first-order valence-electron chi connectivity index (χ1n) is 12.3. The van der Waals surface area contributed by atoms with Crippen molar-refractivity contribution in [3.05, 3.63) is 65.4 Å². The summed E-state index contributed by atoms with van der Waals surface area (Å²) in [4.78, 5) is 30.2. The molecule has 192 valence electrons. The van der Waals surface area contributed by atoms with Crippen LogP contribution < -0.4 is 25.0 Å². The number of urea groups is 1. The molecule has 1 saturated heterocycles. The van der Waals surface area contributed by atoms with E-state index < -0.39 is 12.0 Å². The number of carbonyl (C=O) groups excluding carboxylic acids is 2. The average Bonchev–Trinajstić information content (AvgIpc) is 2.89. The maximum Gasteiger partial charge on any atom is 0.338 e. The number of ether oxygens (including phenoxy) is 3. The first-order chi connectivity index (χ1) is 17.5. The summed E-state index contributed by atoms with van der Waals surface area (Å²) in [5.74, 6) is 1.13. The van der Waals surface area contributed by atoms with E-state index in [2.05, 4.69) is 26.5 Å². The summed E-state index contributed by atoms with van der Waals surface area (Å²) < 4.78 is 16.3. The molecule has 9 heteroatoms. The van der Waals surface area contributed by atoms with Crippen LogP contribution in [0, 0.1) is 0 Å². The maximum atomic E-state index is 13.1. The van der Waals surface area contributed by atoms with Crippen molar-refractivity contribution in [1.82, 2.24) is 15.5 Å². The number of benzene rings is 2. The monoisotopic (exact) mass is 494 g/mol. The summed E-state index contributed by atoms with van der Waals surface area (Å²) in [7, 11) is 1.67. The van der Waals surface area contributed by atoms with Crippen LogP contribution >= 0.6 is 0 Å². The van der Waals surface area contributed by atoms with Crippen LogP contribution in [0.15, 0.2) is 59.8 Å². The van der Waals surface area contributed by atoms with Gasteiger partial charge in [-0.1, -0.05) is 18.2 Å². The van der Waals surface area contributed by atoms with Gasteiger partial charge in [0, 0.05) is 50.2 Å². The lowest BCUT2D eigenvalue weighted by molar-refractivity contribution is -0.139. The number of nitrogens with zero attached hydrogens (tertiary/aromatic N) is 2. The second-order valence-corrected chi connectivity index (χ2v) is 8.61. The Morgan fingerprint density at radius 2 is 1.75 bits per heavy atom. The van der Waals surface area contributed by atoms with E-state index in [1.807, 2.05) is 49.4 Å². The Bertz CT molecular complexity index is 1090. The van der Waals surface area contributed by atoms with E-state index in [1.54, 1.807) is 14.0 Å². The van der Waals surface area contributed by atoms with Crippen LogP contribution in [0.5, 0.6) is 11.5 Å². The van der Waals surface area contributed by atoms with Gasteiger partial charge >= 0.3 is 12.0 Å². The molecule has 1 atom stereocenters. The highest BCUT2D eigenvalue weighted by molar-refractivity contribution is 5.95. The van der Waals surface area contributed by atoms with Gasteiger partial charge in [0.25, 0.3) is 0 Å². The summed E-state index contributed by atoms with van der Waals surface area (Å²) >= 11 is 0. The van der Waals surface area contributed by atoms with Crippen molar-refractivity contribution in [2.24, 2.45) is 0 Å². The third-order valence-corrected chi connectivity index (χ3v) is 6.35. The molecule has 0 bridgehead atoms. The van der Waals surface area contributed by atoms with Crippen molar-refractivity contribution >= 4 is 17.7 Å². The van der Waals surface area contributed by atoms with Crippen LogP contribution in [0.3, 0.4) is 0 Å². The molecule has 0 unspecified atom stereocenters. The van der Waals surface area contributed by atoms with E-state index in [9.17, 15) is 9.59 Å². The molecule has 2 heterocycles. The highest BCUT2D eigenvalue weighted by Crippen LogP contribution is 2.30. The van der Waals surface area contributed by atoms with Gasteiger partial charge in [-0.2, -0.15) is 0 Å². The van der Waals surface area contributed by atoms with Crippen LogP contribution in [0.1, 0.15) is 25.5 Å². The molecule has 2 amide bonds. The minimum absolute atomic E-state index is 0.249. The molecule has 0 aliphatic carbocycles. The lowest BCUT2D eigenvalue weighted by atomic mass is 9.94. The van der Waals surface area contributed by atoms with E-state index in [0.29, 0.717) is 24.4 Å². The van der Waals surface area contributed by atoms with E-state index in [-0.39, 0.29) is 12.6 Å². The number of esters is 1. The topological polar surface area (TPSA) is 92.4 Å². The lowest BCUT2D eigenvalue weighted by Crippen LogP contribution is -2.51. The Morgan fingerprint density at radius 1 is 1.00 bits per heavy atom. The second kappa shape index (κ2) is 11.8. The molecule has 0 radical (unpaired) electrons. The molecular formula is C27H34N4O5. The van der Waals surface area contributed by atoms with Crippen LogP contribution in [-0.4, -0.2) is 69.9 Å². The van der Waals surface area contributed by atoms with Gasteiger partial charge in [0.1, 0.15) is 11.5 Å². The quantitative estimate of drug-likeness (QED) is 0.518. The standard InChI is InChI=1S/C27H34N4O5/c1-4-35-21-11-9-19(10-12-21)25-24(26(32)36-5-2)23(28-27(33)29-25)18-30-13-15-31(16-14-30)20-7-6-8-22(17-20)34-3/h6-12,17,25H,4-5,13-16,18H2,1-3H3,(H2,28,29,33)/t25-/m1/s1. The Kier molecular flexibility index (Phi) is 8.32. The molecule has 9 nitrogen and oxygen atoms in total. The van der Waals surface area contributed by atoms with Crippen molar-refractivity contribution in [3.8, 4) is 11.5 Å². The number of methoxy groups -OCH3 is 1. The van der Waals surface area contributed by atoms with Gasteiger partial charge in [-0.15, -0.1) is 0 Å². The van der Waals surface area contributed by atoms with Gasteiger partial charge in [0.2, 0.25) is 0 Å². The fourth-order valence-electron chi connectivity index (χ4n) is 4.56. The van der Waals surface area contributed by atoms with Crippen LogP contribution in [0.2, 0.25) is 0 Å². The van der Waals surface area contributed by atoms with E-state index in [0.717, 1.165) is 48.9 Å². The zero-order valence-corrected chi connectivity index (χ0v) is 21.1. The van der Waals surface area contributed by atoms with Crippen molar-refractivity contribution < 1.29 is 23.8 Å². The third-order valence-electron chi connectivity index (χ3n) is 6.35. The minimum Gasteiger partial charge on any atom is -0.497 e. The van der Waals surface area contributed by atoms with Crippen LogP contribution in [0.4, 0.5) is 10.5 Å². The van der Waals surface area contributed by atoms with E-state index in [4.69, 9.17) is 14.2 Å². The maximum absolute atomic E-state index is 13.1. The zero-order chi connectivity index (χ0) is 25.5. The van der Waals surface area contributed by atoms with Gasteiger partial charge in [-0.25, -0.2) is 9.59 Å². The fourth-order valence-corrected chi connectivity index (χ4v) is 4.56. The SMILES string of the molecule is CCOC(=O)C1=C(CN2CCN(c3cccc(OC)c3)CC2)NC(=O)N[C@@H]1c1ccc(OCC)cc1. The summed E-state index contributed by atoms with van der Waals surface area (Å²) in [6.45, 7) is 8.17. The molecule has 2 aromatic rings. The number of rotatable bonds is 9. The average molecular weight is 495 g/mol. The van der Waals surface area contributed by atoms with Crippen LogP contribution in [-0.2, 0) is 9.53 Å². The largest absolute Gasteiger partial charge is 0.497 e. The number of hydrogen-bond donors (Lipinski definition) is 2. The molecule has 2 N–H and O–H groups in total. The first kappa shape index (κ1) is 25.4. The highest BCUT2D eigenvalue weighted by atomic mass is 16.5. The van der Waals surface area contributed by atoms with Gasteiger partial charge in [-0.05, 0) is 43.7 Å². The van der Waals surface area contributed by atoms with Crippen molar-refractivity contribution in [3.63, 3.8) is 0 Å². The molecular weight excluding hydrogens is 460 g/mol. The smallest absolute Gasteiger partial charge is 0.338 e. The predicted octanol–water partition coefficient (Wildman–Crippen LogP) is 3.09. The number of piperazine rings is 1. The van der Waals surface area contributed by atoms with Gasteiger partial charge in [0.05, 0.1) is 31.9 Å². The number of anilines is 1. The number of amides is 2. The summed E-state index contributed by atoms with van der Waals surface area (Å²) in [5.41, 5.74) is 2.91. The normalized spacial score (nSPS) is 18.4. The minimum atomic E-state index is -0.610. The molecule has 2 aromatic carbocycles. The number of carbonyl (C=O) groups is 2. The molecule has 36 heavy (non-hydrogen) atoms. The van der Waals surface area contributed by atoms with Gasteiger partial charge in [0.15, 0.2) is 0 Å². The van der Waals surface area contributed by atoms with Crippen LogP contribution in [0.25, 0.3) is 0 Å². The summed E-state index contributed by atoms with van der Waals surface area (Å²) in [5, 5.41) is 5.77.